The van der Waals surface area contributed by atoms with Gasteiger partial charge in [-0.15, -0.1) is 0 Å². The molecule has 0 aliphatic rings. The number of nitrogens with one attached hydrogen (secondary N) is 1. The molecule has 0 aliphatic heterocycles. The third-order valence-electron chi connectivity index (χ3n) is 3.21. The van der Waals surface area contributed by atoms with Gasteiger partial charge in [-0.25, -0.2) is 0 Å². The lowest BCUT2D eigenvalue weighted by Crippen LogP contribution is -2.31. The highest BCUT2D eigenvalue weighted by atomic mass is 79.9. The molecular weight excluding hydrogens is 286 g/mol. The molecule has 1 nitrogen and oxygen atoms in total. The predicted octanol–water partition coefficient (Wildman–Crippen LogP) is 4.94. The van der Waals surface area contributed by atoms with Crippen LogP contribution in [0.2, 0.25) is 0 Å². The van der Waals surface area contributed by atoms with Gasteiger partial charge in [-0.3, -0.25) is 0 Å². The van der Waals surface area contributed by atoms with Gasteiger partial charge >= 0.3 is 0 Å². The molecule has 1 aromatic carbocycles. The molecule has 0 amide bonds. The maximum atomic E-state index is 3.68. The van der Waals surface area contributed by atoms with Crippen LogP contribution in [0.1, 0.15) is 51.5 Å². The number of rotatable bonds is 9. The molecule has 18 heavy (non-hydrogen) atoms. The minimum absolute atomic E-state index is 0.630. The largest absolute Gasteiger partial charge is 0.314 e. The Morgan fingerprint density at radius 3 is 2.67 bits per heavy atom. The number of halogens is 1. The van der Waals surface area contributed by atoms with E-state index in [4.69, 9.17) is 0 Å². The minimum atomic E-state index is 0.630. The summed E-state index contributed by atoms with van der Waals surface area (Å²) in [6.07, 6.45) is 7.64. The fourth-order valence-electron chi connectivity index (χ4n) is 2.21. The van der Waals surface area contributed by atoms with Gasteiger partial charge in [0.15, 0.2) is 0 Å². The van der Waals surface area contributed by atoms with Gasteiger partial charge in [0.1, 0.15) is 0 Å². The van der Waals surface area contributed by atoms with Gasteiger partial charge in [0, 0.05) is 10.5 Å². The van der Waals surface area contributed by atoms with Crippen molar-refractivity contribution in [2.45, 2.75) is 58.4 Å². The van der Waals surface area contributed by atoms with Crippen LogP contribution in [0.3, 0.4) is 0 Å². The Morgan fingerprint density at radius 1 is 1.17 bits per heavy atom. The first-order valence-corrected chi connectivity index (χ1v) is 8.03. The molecule has 0 saturated carbocycles. The topological polar surface area (TPSA) is 12.0 Å². The molecule has 0 aromatic heterocycles. The number of unbranched alkanes of at least 4 members (excludes halogenated alkanes) is 2. The Labute approximate surface area is 120 Å². The molecule has 1 unspecified atom stereocenters. The van der Waals surface area contributed by atoms with Crippen molar-refractivity contribution in [3.8, 4) is 0 Å². The molecule has 0 aliphatic carbocycles. The van der Waals surface area contributed by atoms with E-state index in [1.165, 1.54) is 42.1 Å². The van der Waals surface area contributed by atoms with Crippen LogP contribution in [0.4, 0.5) is 0 Å². The highest BCUT2D eigenvalue weighted by Crippen LogP contribution is 2.15. The van der Waals surface area contributed by atoms with Crippen LogP contribution >= 0.6 is 15.9 Å². The molecule has 0 heterocycles. The van der Waals surface area contributed by atoms with Crippen LogP contribution in [-0.2, 0) is 6.42 Å². The van der Waals surface area contributed by atoms with Gasteiger partial charge in [0.05, 0.1) is 0 Å². The summed E-state index contributed by atoms with van der Waals surface area (Å²) < 4.78 is 1.18. The van der Waals surface area contributed by atoms with Crippen LogP contribution in [0.15, 0.2) is 28.7 Å². The zero-order valence-electron chi connectivity index (χ0n) is 11.7. The molecule has 1 aromatic rings. The normalized spacial score (nSPS) is 12.6. The second-order valence-electron chi connectivity index (χ2n) is 4.98. The third kappa shape index (κ3) is 6.55. The first-order valence-electron chi connectivity index (χ1n) is 7.24. The van der Waals surface area contributed by atoms with Crippen molar-refractivity contribution in [2.75, 3.05) is 6.54 Å². The standard InChI is InChI=1S/C16H26BrN/c1-3-5-6-10-16(18-11-4-2)13-14-8-7-9-15(17)12-14/h7-9,12,16,18H,3-6,10-11,13H2,1-2H3. The molecule has 0 spiro atoms. The second-order valence-corrected chi connectivity index (χ2v) is 5.90. The third-order valence-corrected chi connectivity index (χ3v) is 3.70. The van der Waals surface area contributed by atoms with E-state index in [9.17, 15) is 0 Å². The first-order chi connectivity index (χ1) is 8.76. The van der Waals surface area contributed by atoms with Crippen molar-refractivity contribution < 1.29 is 0 Å². The van der Waals surface area contributed by atoms with Gasteiger partial charge in [-0.05, 0) is 43.5 Å². The average Bonchev–Trinajstić information content (AvgIpc) is 2.36. The Balaban J connectivity index is 2.48. The number of benzene rings is 1. The smallest absolute Gasteiger partial charge is 0.0178 e. The fraction of sp³-hybridized carbons (Fsp3) is 0.625. The highest BCUT2D eigenvalue weighted by Gasteiger charge is 2.08. The maximum absolute atomic E-state index is 3.68. The van der Waals surface area contributed by atoms with E-state index in [1.54, 1.807) is 0 Å². The summed E-state index contributed by atoms with van der Waals surface area (Å²) in [6, 6.07) is 9.31. The molecule has 0 bridgehead atoms. The summed E-state index contributed by atoms with van der Waals surface area (Å²) in [5.74, 6) is 0. The molecule has 1 atom stereocenters. The van der Waals surface area contributed by atoms with E-state index in [1.807, 2.05) is 0 Å². The van der Waals surface area contributed by atoms with Gasteiger partial charge < -0.3 is 5.32 Å². The van der Waals surface area contributed by atoms with Gasteiger partial charge in [0.25, 0.3) is 0 Å². The van der Waals surface area contributed by atoms with E-state index in [-0.39, 0.29) is 0 Å². The highest BCUT2D eigenvalue weighted by molar-refractivity contribution is 9.10. The number of hydrogen-bond acceptors (Lipinski definition) is 1. The van der Waals surface area contributed by atoms with Crippen LogP contribution in [0, 0.1) is 0 Å². The second kappa shape index (κ2) is 9.57. The van der Waals surface area contributed by atoms with Gasteiger partial charge in [-0.1, -0.05) is 61.2 Å². The van der Waals surface area contributed by atoms with E-state index < -0.39 is 0 Å². The van der Waals surface area contributed by atoms with Crippen LogP contribution < -0.4 is 5.32 Å². The monoisotopic (exact) mass is 311 g/mol. The maximum Gasteiger partial charge on any atom is 0.0178 e. The Hall–Kier alpha value is -0.340. The van der Waals surface area contributed by atoms with Crippen molar-refractivity contribution in [2.24, 2.45) is 0 Å². The van der Waals surface area contributed by atoms with Crippen molar-refractivity contribution in [3.63, 3.8) is 0 Å². The lowest BCUT2D eigenvalue weighted by molar-refractivity contribution is 0.456. The molecule has 1 N–H and O–H groups in total. The minimum Gasteiger partial charge on any atom is -0.314 e. The summed E-state index contributed by atoms with van der Waals surface area (Å²) in [4.78, 5) is 0. The molecule has 2 heteroatoms. The van der Waals surface area contributed by atoms with Gasteiger partial charge in [0.2, 0.25) is 0 Å². The molecule has 0 fully saturated rings. The van der Waals surface area contributed by atoms with Crippen LogP contribution in [0.5, 0.6) is 0 Å². The van der Waals surface area contributed by atoms with Crippen molar-refractivity contribution >= 4 is 15.9 Å². The van der Waals surface area contributed by atoms with E-state index >= 15 is 0 Å². The molecule has 102 valence electrons. The molecule has 0 radical (unpaired) electrons. The van der Waals surface area contributed by atoms with E-state index in [2.05, 4.69) is 59.4 Å². The van der Waals surface area contributed by atoms with Crippen molar-refractivity contribution in [1.82, 2.24) is 5.32 Å². The Kier molecular flexibility index (Phi) is 8.36. The summed E-state index contributed by atoms with van der Waals surface area (Å²) in [6.45, 7) is 5.63. The van der Waals surface area contributed by atoms with E-state index in [0.717, 1.165) is 13.0 Å². The summed E-state index contributed by atoms with van der Waals surface area (Å²) in [5, 5.41) is 3.68. The van der Waals surface area contributed by atoms with Crippen molar-refractivity contribution in [3.05, 3.63) is 34.3 Å². The lowest BCUT2D eigenvalue weighted by atomic mass is 10.0. The summed E-state index contributed by atoms with van der Waals surface area (Å²) in [5.41, 5.74) is 1.43. The molecular formula is C16H26BrN. The van der Waals surface area contributed by atoms with Gasteiger partial charge in [-0.2, -0.15) is 0 Å². The Bertz CT molecular complexity index is 325. The van der Waals surface area contributed by atoms with Crippen LogP contribution in [-0.4, -0.2) is 12.6 Å². The molecule has 0 saturated heterocycles. The number of hydrogen-bond donors (Lipinski definition) is 1. The first kappa shape index (κ1) is 15.7. The van der Waals surface area contributed by atoms with E-state index in [0.29, 0.717) is 6.04 Å². The average molecular weight is 312 g/mol. The zero-order chi connectivity index (χ0) is 13.2. The fourth-order valence-corrected chi connectivity index (χ4v) is 2.66. The zero-order valence-corrected chi connectivity index (χ0v) is 13.3. The quantitative estimate of drug-likeness (QED) is 0.637. The SMILES string of the molecule is CCCCCC(Cc1cccc(Br)c1)NCCC. The molecule has 1 rings (SSSR count). The summed E-state index contributed by atoms with van der Waals surface area (Å²) in [7, 11) is 0. The summed E-state index contributed by atoms with van der Waals surface area (Å²) >= 11 is 3.55. The van der Waals surface area contributed by atoms with Crippen molar-refractivity contribution in [1.29, 1.82) is 0 Å². The predicted molar refractivity (Wildman–Crippen MR) is 84.1 cm³/mol. The van der Waals surface area contributed by atoms with Crippen LogP contribution in [0.25, 0.3) is 0 Å². The lowest BCUT2D eigenvalue weighted by Gasteiger charge is -2.18. The Morgan fingerprint density at radius 2 is 2.00 bits per heavy atom.